The van der Waals surface area contributed by atoms with Crippen LogP contribution in [-0.2, 0) is 14.3 Å². The standard InChI is InChI=1S/C8H11NO3/c1-9-6(8(11)12-2)4-3-5-7(9)10/h3-4,6H,5H2,1-2H3. The Morgan fingerprint density at radius 2 is 2.42 bits per heavy atom. The lowest BCUT2D eigenvalue weighted by Gasteiger charge is -2.25. The summed E-state index contributed by atoms with van der Waals surface area (Å²) in [5.74, 6) is -0.463. The molecule has 0 aliphatic carbocycles. The molecular weight excluding hydrogens is 158 g/mol. The molecule has 0 saturated carbocycles. The Labute approximate surface area is 70.8 Å². The van der Waals surface area contributed by atoms with Crippen LogP contribution in [0.4, 0.5) is 0 Å². The lowest BCUT2D eigenvalue weighted by molar-refractivity contribution is -0.149. The van der Waals surface area contributed by atoms with Crippen molar-refractivity contribution in [2.75, 3.05) is 14.2 Å². The topological polar surface area (TPSA) is 46.6 Å². The fourth-order valence-electron chi connectivity index (χ4n) is 1.08. The molecule has 4 heteroatoms. The Hall–Kier alpha value is -1.32. The second-order valence-electron chi connectivity index (χ2n) is 2.60. The molecule has 0 aromatic heterocycles. The van der Waals surface area contributed by atoms with E-state index in [0.717, 1.165) is 0 Å². The highest BCUT2D eigenvalue weighted by molar-refractivity contribution is 5.88. The van der Waals surface area contributed by atoms with Crippen molar-refractivity contribution in [1.82, 2.24) is 4.90 Å². The van der Waals surface area contributed by atoms with E-state index in [1.54, 1.807) is 19.2 Å². The van der Waals surface area contributed by atoms with Crippen molar-refractivity contribution < 1.29 is 14.3 Å². The third-order valence-electron chi connectivity index (χ3n) is 1.86. The summed E-state index contributed by atoms with van der Waals surface area (Å²) in [6, 6.07) is -0.545. The highest BCUT2D eigenvalue weighted by Crippen LogP contribution is 2.09. The van der Waals surface area contributed by atoms with Crippen molar-refractivity contribution >= 4 is 11.9 Å². The van der Waals surface area contributed by atoms with E-state index in [0.29, 0.717) is 6.42 Å². The Morgan fingerprint density at radius 3 is 3.00 bits per heavy atom. The van der Waals surface area contributed by atoms with Crippen LogP contribution < -0.4 is 0 Å². The van der Waals surface area contributed by atoms with Crippen LogP contribution in [0.15, 0.2) is 12.2 Å². The summed E-state index contributed by atoms with van der Waals surface area (Å²) in [5, 5.41) is 0. The minimum absolute atomic E-state index is 0.0621. The SMILES string of the molecule is COC(=O)C1C=CCC(=O)N1C. The van der Waals surface area contributed by atoms with Gasteiger partial charge in [-0.15, -0.1) is 0 Å². The highest BCUT2D eigenvalue weighted by Gasteiger charge is 2.27. The summed E-state index contributed by atoms with van der Waals surface area (Å²) in [5.41, 5.74) is 0. The molecule has 4 nitrogen and oxygen atoms in total. The van der Waals surface area contributed by atoms with E-state index in [4.69, 9.17) is 0 Å². The number of carbonyl (C=O) groups excluding carboxylic acids is 2. The first-order chi connectivity index (χ1) is 5.66. The van der Waals surface area contributed by atoms with Gasteiger partial charge in [0.15, 0.2) is 0 Å². The van der Waals surface area contributed by atoms with E-state index in [1.165, 1.54) is 12.0 Å². The summed E-state index contributed by atoms with van der Waals surface area (Å²) in [6.07, 6.45) is 3.72. The second-order valence-corrected chi connectivity index (χ2v) is 2.60. The van der Waals surface area contributed by atoms with Crippen LogP contribution in [-0.4, -0.2) is 37.0 Å². The van der Waals surface area contributed by atoms with E-state index in [1.807, 2.05) is 0 Å². The molecule has 0 saturated heterocycles. The first-order valence-corrected chi connectivity index (χ1v) is 3.67. The van der Waals surface area contributed by atoms with Gasteiger partial charge in [0.1, 0.15) is 6.04 Å². The van der Waals surface area contributed by atoms with Crippen LogP contribution in [0.3, 0.4) is 0 Å². The molecule has 0 aromatic carbocycles. The molecular formula is C8H11NO3. The number of esters is 1. The monoisotopic (exact) mass is 169 g/mol. The molecule has 1 rings (SSSR count). The summed E-state index contributed by atoms with van der Waals surface area (Å²) in [7, 11) is 2.90. The zero-order valence-electron chi connectivity index (χ0n) is 7.11. The molecule has 1 aliphatic heterocycles. The van der Waals surface area contributed by atoms with Gasteiger partial charge in [0.2, 0.25) is 5.91 Å². The summed E-state index contributed by atoms with van der Waals surface area (Å²) in [4.78, 5) is 23.5. The Kier molecular flexibility index (Phi) is 2.47. The van der Waals surface area contributed by atoms with E-state index in [2.05, 4.69) is 4.74 Å². The van der Waals surface area contributed by atoms with Crippen LogP contribution in [0, 0.1) is 0 Å². The van der Waals surface area contributed by atoms with Gasteiger partial charge in [-0.1, -0.05) is 12.2 Å². The average molecular weight is 169 g/mol. The quantitative estimate of drug-likeness (QED) is 0.408. The fourth-order valence-corrected chi connectivity index (χ4v) is 1.08. The lowest BCUT2D eigenvalue weighted by atomic mass is 10.1. The van der Waals surface area contributed by atoms with E-state index < -0.39 is 12.0 Å². The van der Waals surface area contributed by atoms with Gasteiger partial charge in [-0.25, -0.2) is 4.79 Å². The largest absolute Gasteiger partial charge is 0.467 e. The van der Waals surface area contributed by atoms with Gasteiger partial charge in [-0.05, 0) is 0 Å². The smallest absolute Gasteiger partial charge is 0.332 e. The average Bonchev–Trinajstić information content (AvgIpc) is 2.08. The molecule has 0 N–H and O–H groups in total. The molecule has 1 heterocycles. The first kappa shape index (κ1) is 8.77. The van der Waals surface area contributed by atoms with E-state index >= 15 is 0 Å². The maximum atomic E-state index is 11.1. The summed E-state index contributed by atoms with van der Waals surface area (Å²) >= 11 is 0. The van der Waals surface area contributed by atoms with Crippen LogP contribution in [0.25, 0.3) is 0 Å². The highest BCUT2D eigenvalue weighted by atomic mass is 16.5. The van der Waals surface area contributed by atoms with Crippen LogP contribution in [0.5, 0.6) is 0 Å². The predicted octanol–water partition coefficient (Wildman–Crippen LogP) is -0.0537. The van der Waals surface area contributed by atoms with Crippen molar-refractivity contribution in [2.24, 2.45) is 0 Å². The molecule has 12 heavy (non-hydrogen) atoms. The van der Waals surface area contributed by atoms with Crippen molar-refractivity contribution in [3.8, 4) is 0 Å². The van der Waals surface area contributed by atoms with Crippen LogP contribution in [0.1, 0.15) is 6.42 Å². The van der Waals surface area contributed by atoms with Crippen molar-refractivity contribution in [3.05, 3.63) is 12.2 Å². The molecule has 1 amide bonds. The number of likely N-dealkylation sites (N-methyl/N-ethyl adjacent to an activating group) is 1. The molecule has 1 unspecified atom stereocenters. The number of rotatable bonds is 1. The number of amides is 1. The molecule has 0 bridgehead atoms. The van der Waals surface area contributed by atoms with Crippen molar-refractivity contribution in [1.29, 1.82) is 0 Å². The molecule has 1 atom stereocenters. The molecule has 1 aliphatic rings. The number of ether oxygens (including phenoxy) is 1. The second kappa shape index (κ2) is 3.38. The van der Waals surface area contributed by atoms with Gasteiger partial charge < -0.3 is 9.64 Å². The minimum atomic E-state index is -0.545. The number of hydrogen-bond acceptors (Lipinski definition) is 3. The molecule has 0 spiro atoms. The van der Waals surface area contributed by atoms with E-state index in [-0.39, 0.29) is 5.91 Å². The number of nitrogens with zero attached hydrogens (tertiary/aromatic N) is 1. The molecule has 66 valence electrons. The minimum Gasteiger partial charge on any atom is -0.467 e. The van der Waals surface area contributed by atoms with Gasteiger partial charge in [0.05, 0.1) is 7.11 Å². The molecule has 0 fully saturated rings. The van der Waals surface area contributed by atoms with Crippen LogP contribution >= 0.6 is 0 Å². The summed E-state index contributed by atoms with van der Waals surface area (Å²) < 4.78 is 4.52. The maximum Gasteiger partial charge on any atom is 0.332 e. The third-order valence-corrected chi connectivity index (χ3v) is 1.86. The third kappa shape index (κ3) is 1.47. The Morgan fingerprint density at radius 1 is 1.75 bits per heavy atom. The number of carbonyl (C=O) groups is 2. The zero-order valence-corrected chi connectivity index (χ0v) is 7.11. The number of methoxy groups -OCH3 is 1. The summed E-state index contributed by atoms with van der Waals surface area (Å²) in [6.45, 7) is 0. The predicted molar refractivity (Wildman–Crippen MR) is 42.3 cm³/mol. The van der Waals surface area contributed by atoms with Gasteiger partial charge in [0, 0.05) is 13.5 Å². The zero-order chi connectivity index (χ0) is 9.14. The first-order valence-electron chi connectivity index (χ1n) is 3.67. The lowest BCUT2D eigenvalue weighted by Crippen LogP contribution is -2.43. The Bertz CT molecular complexity index is 234. The Balaban J connectivity index is 2.76. The number of hydrogen-bond donors (Lipinski definition) is 0. The van der Waals surface area contributed by atoms with Gasteiger partial charge in [-0.3, -0.25) is 4.79 Å². The molecule has 0 radical (unpaired) electrons. The van der Waals surface area contributed by atoms with Crippen molar-refractivity contribution in [3.63, 3.8) is 0 Å². The normalized spacial score (nSPS) is 22.7. The maximum absolute atomic E-state index is 11.1. The van der Waals surface area contributed by atoms with Gasteiger partial charge >= 0.3 is 5.97 Å². The van der Waals surface area contributed by atoms with Gasteiger partial charge in [-0.2, -0.15) is 0 Å². The van der Waals surface area contributed by atoms with E-state index in [9.17, 15) is 9.59 Å². The van der Waals surface area contributed by atoms with Crippen molar-refractivity contribution in [2.45, 2.75) is 12.5 Å². The van der Waals surface area contributed by atoms with Gasteiger partial charge in [0.25, 0.3) is 0 Å². The van der Waals surface area contributed by atoms with Crippen LogP contribution in [0.2, 0.25) is 0 Å². The fraction of sp³-hybridized carbons (Fsp3) is 0.500. The molecule has 0 aromatic rings.